The third-order valence-corrected chi connectivity index (χ3v) is 5.91. The van der Waals surface area contributed by atoms with E-state index in [0.717, 1.165) is 5.69 Å². The zero-order chi connectivity index (χ0) is 17.5. The van der Waals surface area contributed by atoms with Gasteiger partial charge in [-0.05, 0) is 47.9 Å². The van der Waals surface area contributed by atoms with Gasteiger partial charge in [0.15, 0.2) is 0 Å². The smallest absolute Gasteiger partial charge is 0.0705 e. The third kappa shape index (κ3) is 2.59. The average Bonchev–Trinajstić information content (AvgIpc) is 3.05. The van der Waals surface area contributed by atoms with Gasteiger partial charge in [0.25, 0.3) is 0 Å². The van der Waals surface area contributed by atoms with E-state index >= 15 is 0 Å². The van der Waals surface area contributed by atoms with Crippen molar-refractivity contribution in [3.8, 4) is 22.4 Å². The van der Waals surface area contributed by atoms with E-state index < -0.39 is 0 Å². The van der Waals surface area contributed by atoms with Gasteiger partial charge in [-0.3, -0.25) is 4.98 Å². The number of fused-ring (bicyclic) bond motifs is 3. The number of aryl methyl sites for hydroxylation is 1. The molecule has 5 rings (SSSR count). The Morgan fingerprint density at radius 2 is 1.35 bits per heavy atom. The summed E-state index contributed by atoms with van der Waals surface area (Å²) in [6.07, 6.45) is 1.88. The van der Waals surface area contributed by atoms with Gasteiger partial charge in [0.1, 0.15) is 0 Å². The van der Waals surface area contributed by atoms with E-state index in [0.29, 0.717) is 0 Å². The Bertz CT molecular complexity index is 1240. The summed E-state index contributed by atoms with van der Waals surface area (Å²) in [5, 5.41) is 2.65. The second kappa shape index (κ2) is 6.08. The molecule has 0 unspecified atom stereocenters. The SMILES string of the molecule is Cc1ccnc(-c2ccc3c(c2)sc2cc(-c4ccccc4)ccc23)c1. The van der Waals surface area contributed by atoms with Crippen LogP contribution in [0.15, 0.2) is 85.1 Å². The van der Waals surface area contributed by atoms with Crippen LogP contribution in [0, 0.1) is 6.92 Å². The monoisotopic (exact) mass is 351 g/mol. The predicted molar refractivity (Wildman–Crippen MR) is 113 cm³/mol. The summed E-state index contributed by atoms with van der Waals surface area (Å²) < 4.78 is 2.64. The van der Waals surface area contributed by atoms with Crippen LogP contribution in [0.4, 0.5) is 0 Å². The third-order valence-electron chi connectivity index (χ3n) is 4.79. The van der Waals surface area contributed by atoms with Crippen LogP contribution in [-0.2, 0) is 0 Å². The van der Waals surface area contributed by atoms with Crippen LogP contribution >= 0.6 is 11.3 Å². The molecule has 0 N–H and O–H groups in total. The first-order valence-corrected chi connectivity index (χ1v) is 9.54. The molecule has 0 spiro atoms. The van der Waals surface area contributed by atoms with Gasteiger partial charge in [-0.25, -0.2) is 0 Å². The lowest BCUT2D eigenvalue weighted by Crippen LogP contribution is -1.83. The van der Waals surface area contributed by atoms with Crippen molar-refractivity contribution in [3.63, 3.8) is 0 Å². The number of aromatic nitrogens is 1. The topological polar surface area (TPSA) is 12.9 Å². The van der Waals surface area contributed by atoms with Gasteiger partial charge < -0.3 is 0 Å². The van der Waals surface area contributed by atoms with E-state index in [1.54, 1.807) is 0 Å². The summed E-state index contributed by atoms with van der Waals surface area (Å²) in [5.74, 6) is 0. The highest BCUT2D eigenvalue weighted by Crippen LogP contribution is 2.38. The Kier molecular flexibility index (Phi) is 3.58. The molecule has 2 heterocycles. The summed E-state index contributed by atoms with van der Waals surface area (Å²) in [5.41, 5.74) is 5.98. The molecule has 0 fully saturated rings. The molecule has 0 radical (unpaired) electrons. The molecule has 0 bridgehead atoms. The van der Waals surface area contributed by atoms with Crippen molar-refractivity contribution in [2.24, 2.45) is 0 Å². The molecule has 0 aliphatic heterocycles. The second-order valence-electron chi connectivity index (χ2n) is 6.61. The van der Waals surface area contributed by atoms with Crippen LogP contribution in [0.5, 0.6) is 0 Å². The number of pyridine rings is 1. The Labute approximate surface area is 156 Å². The molecule has 124 valence electrons. The minimum atomic E-state index is 1.04. The molecule has 1 nitrogen and oxygen atoms in total. The zero-order valence-electron chi connectivity index (χ0n) is 14.4. The number of rotatable bonds is 2. The molecule has 0 aliphatic rings. The van der Waals surface area contributed by atoms with Gasteiger partial charge in [0.2, 0.25) is 0 Å². The normalized spacial score (nSPS) is 11.3. The van der Waals surface area contributed by atoms with Crippen LogP contribution in [0.25, 0.3) is 42.6 Å². The van der Waals surface area contributed by atoms with Gasteiger partial charge in [-0.2, -0.15) is 0 Å². The quantitative estimate of drug-likeness (QED) is 0.331. The first-order chi connectivity index (χ1) is 12.8. The van der Waals surface area contributed by atoms with Gasteiger partial charge in [-0.15, -0.1) is 11.3 Å². The largest absolute Gasteiger partial charge is 0.256 e. The van der Waals surface area contributed by atoms with Gasteiger partial charge in [-0.1, -0.05) is 54.6 Å². The van der Waals surface area contributed by atoms with E-state index in [4.69, 9.17) is 0 Å². The van der Waals surface area contributed by atoms with Gasteiger partial charge >= 0.3 is 0 Å². The highest BCUT2D eigenvalue weighted by atomic mass is 32.1. The Morgan fingerprint density at radius 3 is 2.08 bits per heavy atom. The highest BCUT2D eigenvalue weighted by Gasteiger charge is 2.09. The van der Waals surface area contributed by atoms with Crippen LogP contribution in [-0.4, -0.2) is 4.98 Å². The zero-order valence-corrected chi connectivity index (χ0v) is 15.3. The number of hydrogen-bond acceptors (Lipinski definition) is 2. The first kappa shape index (κ1) is 15.3. The molecule has 0 saturated carbocycles. The molecule has 3 aromatic carbocycles. The van der Waals surface area contributed by atoms with E-state index in [-0.39, 0.29) is 0 Å². The molecule has 0 amide bonds. The summed E-state index contributed by atoms with van der Waals surface area (Å²) in [6.45, 7) is 2.11. The molecule has 2 heteroatoms. The van der Waals surface area contributed by atoms with Crippen molar-refractivity contribution in [2.45, 2.75) is 6.92 Å². The number of benzene rings is 3. The lowest BCUT2D eigenvalue weighted by molar-refractivity contribution is 1.29. The summed E-state index contributed by atoms with van der Waals surface area (Å²) in [6, 6.07) is 28.2. The van der Waals surface area contributed by atoms with Crippen LogP contribution < -0.4 is 0 Å². The van der Waals surface area contributed by atoms with E-state index in [1.807, 2.05) is 23.6 Å². The molecular weight excluding hydrogens is 334 g/mol. The van der Waals surface area contributed by atoms with Crippen molar-refractivity contribution in [2.75, 3.05) is 0 Å². The lowest BCUT2D eigenvalue weighted by Gasteiger charge is -2.02. The summed E-state index contributed by atoms with van der Waals surface area (Å²) in [4.78, 5) is 4.53. The standard InChI is InChI=1S/C24H17NS/c1-16-11-12-25-22(13-16)19-8-10-21-20-9-7-18(17-5-3-2-4-6-17)14-23(20)26-24(21)15-19/h2-15H,1H3. The average molecular weight is 351 g/mol. The minimum Gasteiger partial charge on any atom is -0.256 e. The molecule has 0 aliphatic carbocycles. The molecular formula is C24H17NS. The number of thiophene rings is 1. The van der Waals surface area contributed by atoms with Crippen molar-refractivity contribution < 1.29 is 0 Å². The fourth-order valence-electron chi connectivity index (χ4n) is 3.44. The highest BCUT2D eigenvalue weighted by molar-refractivity contribution is 7.25. The molecule has 26 heavy (non-hydrogen) atoms. The minimum absolute atomic E-state index is 1.04. The van der Waals surface area contributed by atoms with Crippen molar-refractivity contribution in [1.29, 1.82) is 0 Å². The second-order valence-corrected chi connectivity index (χ2v) is 7.69. The van der Waals surface area contributed by atoms with Crippen LogP contribution in [0.3, 0.4) is 0 Å². The summed E-state index contributed by atoms with van der Waals surface area (Å²) in [7, 11) is 0. The fraction of sp³-hybridized carbons (Fsp3) is 0.0417. The predicted octanol–water partition coefficient (Wildman–Crippen LogP) is 7.09. The maximum Gasteiger partial charge on any atom is 0.0705 e. The van der Waals surface area contributed by atoms with E-state index in [1.165, 1.54) is 42.4 Å². The maximum atomic E-state index is 4.53. The molecule has 2 aromatic heterocycles. The van der Waals surface area contributed by atoms with Crippen LogP contribution in [0.1, 0.15) is 5.56 Å². The van der Waals surface area contributed by atoms with Crippen molar-refractivity contribution in [1.82, 2.24) is 4.98 Å². The van der Waals surface area contributed by atoms with Crippen molar-refractivity contribution in [3.05, 3.63) is 90.6 Å². The Morgan fingerprint density at radius 1 is 0.654 bits per heavy atom. The van der Waals surface area contributed by atoms with Gasteiger partial charge in [0.05, 0.1) is 5.69 Å². The molecule has 5 aromatic rings. The first-order valence-electron chi connectivity index (χ1n) is 8.73. The Hall–Kier alpha value is -2.97. The molecule has 0 atom stereocenters. The maximum absolute atomic E-state index is 4.53. The van der Waals surface area contributed by atoms with Crippen molar-refractivity contribution >= 4 is 31.5 Å². The number of hydrogen-bond donors (Lipinski definition) is 0. The lowest BCUT2D eigenvalue weighted by atomic mass is 10.0. The Balaban J connectivity index is 1.66. The van der Waals surface area contributed by atoms with E-state index in [2.05, 4.69) is 84.7 Å². The number of nitrogens with zero attached hydrogens (tertiary/aromatic N) is 1. The van der Waals surface area contributed by atoms with Crippen LogP contribution in [0.2, 0.25) is 0 Å². The van der Waals surface area contributed by atoms with E-state index in [9.17, 15) is 0 Å². The fourth-order valence-corrected chi connectivity index (χ4v) is 4.63. The molecule has 0 saturated heterocycles. The van der Waals surface area contributed by atoms with Gasteiger partial charge in [0, 0.05) is 31.9 Å². The summed E-state index contributed by atoms with van der Waals surface area (Å²) >= 11 is 1.86.